The lowest BCUT2D eigenvalue weighted by atomic mass is 10.5. The molecular weight excluding hydrogens is 142 g/mol. The zero-order valence-electron chi connectivity index (χ0n) is 6.87. The second kappa shape index (κ2) is 7.01. The summed E-state index contributed by atoms with van der Waals surface area (Å²) in [5.74, 6) is 0. The molecule has 0 aromatic carbocycles. The van der Waals surface area contributed by atoms with Crippen LogP contribution in [-0.4, -0.2) is 38.8 Å². The van der Waals surface area contributed by atoms with E-state index in [2.05, 4.69) is 10.9 Å². The van der Waals surface area contributed by atoms with Gasteiger partial charge in [-0.3, -0.25) is 4.90 Å². The molecule has 0 radical (unpaired) electrons. The monoisotopic (exact) mass is 154 g/mol. The van der Waals surface area contributed by atoms with Crippen LogP contribution in [0.3, 0.4) is 0 Å². The van der Waals surface area contributed by atoms with Gasteiger partial charge < -0.3 is 4.74 Å². The van der Waals surface area contributed by atoms with Gasteiger partial charge in [0.1, 0.15) is 6.54 Å². The predicted molar refractivity (Wildman–Crippen MR) is 42.2 cm³/mol. The summed E-state index contributed by atoms with van der Waals surface area (Å²) in [7, 11) is 3.57. The lowest BCUT2D eigenvalue weighted by Gasteiger charge is -2.09. The van der Waals surface area contributed by atoms with Crippen LogP contribution in [-0.2, 0) is 4.74 Å². The molecule has 0 saturated heterocycles. The summed E-state index contributed by atoms with van der Waals surface area (Å²) < 4.78 is 4.85. The summed E-state index contributed by atoms with van der Waals surface area (Å²) >= 11 is 0. The molecule has 0 saturated carbocycles. The Labute approximate surface area is 66.8 Å². The Kier molecular flexibility index (Phi) is 6.31. The number of hydrogen-bond donors (Lipinski definition) is 0. The molecule has 11 heavy (non-hydrogen) atoms. The Morgan fingerprint density at radius 3 is 2.91 bits per heavy atom. The van der Waals surface area contributed by atoms with E-state index in [0.717, 1.165) is 6.54 Å². The molecule has 4 nitrogen and oxygen atoms in total. The van der Waals surface area contributed by atoms with Crippen LogP contribution in [0.4, 0.5) is 0 Å². The molecule has 0 aromatic rings. The Morgan fingerprint density at radius 1 is 1.64 bits per heavy atom. The van der Waals surface area contributed by atoms with Crippen molar-refractivity contribution in [1.29, 1.82) is 5.26 Å². The third-order valence-corrected chi connectivity index (χ3v) is 1.15. The second-order valence-corrected chi connectivity index (χ2v) is 2.10. The van der Waals surface area contributed by atoms with Crippen molar-refractivity contribution in [3.8, 4) is 12.3 Å². The van der Waals surface area contributed by atoms with Crippen molar-refractivity contribution in [3.05, 3.63) is 4.85 Å². The van der Waals surface area contributed by atoms with E-state index in [1.54, 1.807) is 13.3 Å². The fourth-order valence-corrected chi connectivity index (χ4v) is 0.518. The third-order valence-electron chi connectivity index (χ3n) is 1.15. The first-order valence-corrected chi connectivity index (χ1v) is 3.30. The van der Waals surface area contributed by atoms with E-state index < -0.39 is 0 Å². The normalized spacial score (nSPS) is 8.55. The quantitative estimate of drug-likeness (QED) is 0.434. The molecule has 0 heterocycles. The molecule has 0 aliphatic rings. The molecule has 60 valence electrons. The van der Waals surface area contributed by atoms with Crippen molar-refractivity contribution in [2.45, 2.75) is 0 Å². The average molecular weight is 154 g/mol. The van der Waals surface area contributed by atoms with Crippen LogP contribution in [0, 0.1) is 17.5 Å². The smallest absolute Gasteiger partial charge is 0.383 e. The summed E-state index contributed by atoms with van der Waals surface area (Å²) in [5, 5.41) is 8.03. The van der Waals surface area contributed by atoms with E-state index in [0.29, 0.717) is 13.2 Å². The topological polar surface area (TPSA) is 40.6 Å². The Balaban J connectivity index is 3.38. The molecule has 0 spiro atoms. The third kappa shape index (κ3) is 6.79. The molecule has 0 unspecified atom stereocenters. The molecule has 0 aromatic heterocycles. The van der Waals surface area contributed by atoms with Gasteiger partial charge in [0.2, 0.25) is 0 Å². The van der Waals surface area contributed by atoms with Crippen molar-refractivity contribution in [1.82, 2.24) is 4.90 Å². The van der Waals surface area contributed by atoms with Crippen LogP contribution in [0.2, 0.25) is 0 Å². The van der Waals surface area contributed by atoms with E-state index in [9.17, 15) is 0 Å². The summed E-state index contributed by atoms with van der Waals surface area (Å²) in [6, 6.07) is 2.58. The molecule has 4 heteroatoms. The van der Waals surface area contributed by atoms with Crippen LogP contribution < -0.4 is 0 Å². The molecule has 0 aliphatic carbocycles. The number of nitrogens with zero attached hydrogens (tertiary/aromatic N) is 3. The average Bonchev–Trinajstić information content (AvgIpc) is 2.01. The highest BCUT2D eigenvalue weighted by molar-refractivity contribution is 4.99. The van der Waals surface area contributed by atoms with Gasteiger partial charge in [0.25, 0.3) is 0 Å². The Hall–Kier alpha value is -1.10. The number of hydrogen-bond acceptors (Lipinski definition) is 3. The van der Waals surface area contributed by atoms with Crippen molar-refractivity contribution in [2.24, 2.45) is 0 Å². The fourth-order valence-electron chi connectivity index (χ4n) is 0.518. The van der Waals surface area contributed by atoms with E-state index in [1.807, 2.05) is 11.9 Å². The van der Waals surface area contributed by atoms with Gasteiger partial charge in [-0.2, -0.15) is 0 Å². The minimum atomic E-state index is 0.566. The highest BCUT2D eigenvalue weighted by atomic mass is 16.5. The molecule has 0 amide bonds. The van der Waals surface area contributed by atoms with Gasteiger partial charge in [-0.05, 0) is 7.05 Å². The first-order chi connectivity index (χ1) is 5.31. The largest absolute Gasteiger partial charge is 0.578 e. The lowest BCUT2D eigenvalue weighted by Crippen LogP contribution is -2.22. The maximum atomic E-state index is 8.03. The lowest BCUT2D eigenvalue weighted by molar-refractivity contribution is 0.167. The van der Waals surface area contributed by atoms with Crippen molar-refractivity contribution in [2.75, 3.05) is 33.9 Å². The highest BCUT2D eigenvalue weighted by Crippen LogP contribution is 1.80. The predicted octanol–water partition coefficient (Wildman–Crippen LogP) is 0.379. The summed E-state index contributed by atoms with van der Waals surface area (Å²) in [6.45, 7) is 2.08. The standard InChI is InChI=1S/C7H12N3O/c1-10(5-6-11-2)4-3-9-7-8/h4-6H2,1-2H3/q+1. The first kappa shape index (κ1) is 9.90. The second-order valence-electron chi connectivity index (χ2n) is 2.10. The number of rotatable bonds is 4. The first-order valence-electron chi connectivity index (χ1n) is 3.30. The summed E-state index contributed by atoms with van der Waals surface area (Å²) in [6.07, 6.45) is 1.64. The molecule has 0 rings (SSSR count). The Morgan fingerprint density at radius 2 is 2.36 bits per heavy atom. The van der Waals surface area contributed by atoms with E-state index in [1.165, 1.54) is 0 Å². The summed E-state index contributed by atoms with van der Waals surface area (Å²) in [4.78, 5) is 5.26. The minimum absolute atomic E-state index is 0.566. The van der Waals surface area contributed by atoms with Gasteiger partial charge in [0, 0.05) is 13.7 Å². The highest BCUT2D eigenvalue weighted by Gasteiger charge is 1.95. The number of methoxy groups -OCH3 is 1. The SMILES string of the molecule is COCCN(C)CC#[N+]C#N. The number of ether oxygens (including phenoxy) is 1. The van der Waals surface area contributed by atoms with Gasteiger partial charge in [0.15, 0.2) is 11.3 Å². The van der Waals surface area contributed by atoms with Crippen LogP contribution >= 0.6 is 0 Å². The maximum absolute atomic E-state index is 8.03. The summed E-state index contributed by atoms with van der Waals surface area (Å²) in [5.41, 5.74) is 0. The molecule has 0 fully saturated rings. The van der Waals surface area contributed by atoms with Gasteiger partial charge in [0.05, 0.1) is 6.61 Å². The molecule has 0 aliphatic heterocycles. The van der Waals surface area contributed by atoms with E-state index in [-0.39, 0.29) is 0 Å². The van der Waals surface area contributed by atoms with Gasteiger partial charge in [-0.25, -0.2) is 0 Å². The van der Waals surface area contributed by atoms with Crippen LogP contribution in [0.25, 0.3) is 4.85 Å². The van der Waals surface area contributed by atoms with Crippen molar-refractivity contribution >= 4 is 0 Å². The molecule has 0 bridgehead atoms. The van der Waals surface area contributed by atoms with E-state index >= 15 is 0 Å². The number of nitriles is 1. The van der Waals surface area contributed by atoms with Crippen molar-refractivity contribution in [3.63, 3.8) is 0 Å². The van der Waals surface area contributed by atoms with Crippen LogP contribution in [0.1, 0.15) is 0 Å². The zero-order valence-corrected chi connectivity index (χ0v) is 6.87. The fraction of sp³-hybridized carbons (Fsp3) is 0.714. The number of likely N-dealkylation sites (N-methyl/N-ethyl adjacent to an activating group) is 1. The zero-order chi connectivity index (χ0) is 8.53. The molecule has 0 N–H and O–H groups in total. The molecular formula is C7H12N3O+. The van der Waals surface area contributed by atoms with Gasteiger partial charge in [-0.15, -0.1) is 0 Å². The minimum Gasteiger partial charge on any atom is -0.383 e. The maximum Gasteiger partial charge on any atom is 0.578 e. The van der Waals surface area contributed by atoms with Gasteiger partial charge >= 0.3 is 6.19 Å². The van der Waals surface area contributed by atoms with Crippen molar-refractivity contribution < 1.29 is 4.74 Å². The van der Waals surface area contributed by atoms with Crippen LogP contribution in [0.5, 0.6) is 0 Å². The Bertz CT molecular complexity index is 186. The molecule has 0 atom stereocenters. The van der Waals surface area contributed by atoms with Gasteiger partial charge in [-0.1, -0.05) is 4.85 Å². The van der Waals surface area contributed by atoms with Crippen LogP contribution in [0.15, 0.2) is 0 Å². The van der Waals surface area contributed by atoms with E-state index in [4.69, 9.17) is 10.00 Å².